The van der Waals surface area contributed by atoms with E-state index < -0.39 is 20.0 Å². The Morgan fingerprint density at radius 2 is 1.71 bits per heavy atom. The Hall–Kier alpha value is -3.67. The van der Waals surface area contributed by atoms with Crippen molar-refractivity contribution in [1.82, 2.24) is 9.62 Å². The molecule has 0 saturated carbocycles. The van der Waals surface area contributed by atoms with Gasteiger partial charge in [0.2, 0.25) is 20.0 Å². The molecule has 1 aromatic heterocycles. The van der Waals surface area contributed by atoms with Crippen molar-refractivity contribution in [2.24, 2.45) is 0 Å². The number of furan rings is 1. The molecule has 1 saturated heterocycles. The average Bonchev–Trinajstić information content (AvgIpc) is 3.34. The third-order valence-electron chi connectivity index (χ3n) is 7.98. The van der Waals surface area contributed by atoms with Crippen LogP contribution in [0, 0.1) is 13.8 Å². The van der Waals surface area contributed by atoms with Crippen molar-refractivity contribution in [1.29, 1.82) is 0 Å². The summed E-state index contributed by atoms with van der Waals surface area (Å²) in [5, 5.41) is 3.23. The molecule has 1 aliphatic heterocycles. The number of amides is 1. The molecule has 1 N–H and O–H groups in total. The largest absolute Gasteiger partial charge is 0.455 e. The molecule has 1 atom stereocenters. The van der Waals surface area contributed by atoms with E-state index in [9.17, 15) is 21.6 Å². The zero-order valence-electron chi connectivity index (χ0n) is 24.3. The SMILES string of the molecule is CNC(=O)c1c(-c2ccc(C)cc2)oc2cc(N(C)S(C)(=O)=O)c(C3CCCN(S(=O)(=O)c4ccccc4C)C3)cc12. The van der Waals surface area contributed by atoms with Crippen molar-refractivity contribution >= 4 is 42.6 Å². The number of fused-ring (bicyclic) bond motifs is 1. The molecule has 3 aromatic carbocycles. The van der Waals surface area contributed by atoms with Crippen LogP contribution < -0.4 is 9.62 Å². The van der Waals surface area contributed by atoms with E-state index in [4.69, 9.17) is 4.42 Å². The van der Waals surface area contributed by atoms with Gasteiger partial charge in [-0.05, 0) is 55.9 Å². The Balaban J connectivity index is 1.69. The number of carbonyl (C=O) groups is 1. The van der Waals surface area contributed by atoms with E-state index in [-0.39, 0.29) is 23.3 Å². The zero-order valence-corrected chi connectivity index (χ0v) is 26.0. The maximum absolute atomic E-state index is 13.7. The molecule has 1 aliphatic rings. The van der Waals surface area contributed by atoms with Crippen molar-refractivity contribution in [3.63, 3.8) is 0 Å². The normalized spacial score (nSPS) is 16.5. The molecule has 0 spiro atoms. The molecule has 4 aromatic rings. The molecule has 0 bridgehead atoms. The lowest BCUT2D eigenvalue weighted by molar-refractivity contribution is 0.0964. The summed E-state index contributed by atoms with van der Waals surface area (Å²) in [4.78, 5) is 13.5. The molecule has 42 heavy (non-hydrogen) atoms. The van der Waals surface area contributed by atoms with E-state index >= 15 is 0 Å². The summed E-state index contributed by atoms with van der Waals surface area (Å²) in [6, 6.07) is 17.9. The summed E-state index contributed by atoms with van der Waals surface area (Å²) in [5.41, 5.74) is 4.15. The minimum Gasteiger partial charge on any atom is -0.455 e. The second-order valence-electron chi connectivity index (χ2n) is 10.9. The summed E-state index contributed by atoms with van der Waals surface area (Å²) >= 11 is 0. The maximum Gasteiger partial charge on any atom is 0.255 e. The van der Waals surface area contributed by atoms with Gasteiger partial charge in [0.05, 0.1) is 22.4 Å². The van der Waals surface area contributed by atoms with Gasteiger partial charge in [0.15, 0.2) is 0 Å². The number of nitrogens with one attached hydrogen (secondary N) is 1. The summed E-state index contributed by atoms with van der Waals surface area (Å²) in [7, 11) is -4.45. The van der Waals surface area contributed by atoms with Gasteiger partial charge in [-0.2, -0.15) is 4.31 Å². The van der Waals surface area contributed by atoms with Crippen LogP contribution >= 0.6 is 0 Å². The van der Waals surface area contributed by atoms with Crippen molar-refractivity contribution in [3.8, 4) is 11.3 Å². The minimum atomic E-state index is -3.78. The van der Waals surface area contributed by atoms with E-state index in [2.05, 4.69) is 5.32 Å². The highest BCUT2D eigenvalue weighted by Gasteiger charge is 2.34. The standard InChI is InChI=1S/C31H35N3O6S2/c1-20-12-14-22(15-13-20)30-29(31(35)32-3)25-17-24(26(18-27(25)40-30)33(4)41(5,36)37)23-10-8-16-34(19-23)42(38,39)28-11-7-6-9-21(28)2/h6-7,9,11-15,17-18,23H,8,10,16,19H2,1-5H3,(H,32,35). The number of carbonyl (C=O) groups excluding carboxylic acids is 1. The number of rotatable bonds is 7. The Bertz CT molecular complexity index is 1880. The quantitative estimate of drug-likeness (QED) is 0.314. The van der Waals surface area contributed by atoms with E-state index in [1.54, 1.807) is 50.4 Å². The van der Waals surface area contributed by atoms with E-state index in [1.165, 1.54) is 15.7 Å². The topological polar surface area (TPSA) is 117 Å². The van der Waals surface area contributed by atoms with Gasteiger partial charge in [-0.25, -0.2) is 16.8 Å². The van der Waals surface area contributed by atoms with E-state index in [0.717, 1.165) is 11.8 Å². The molecule has 2 heterocycles. The van der Waals surface area contributed by atoms with Gasteiger partial charge < -0.3 is 9.73 Å². The minimum absolute atomic E-state index is 0.171. The van der Waals surface area contributed by atoms with Crippen molar-refractivity contribution in [2.45, 2.75) is 37.5 Å². The number of benzene rings is 3. The van der Waals surface area contributed by atoms with Gasteiger partial charge in [-0.15, -0.1) is 0 Å². The number of aryl methyl sites for hydroxylation is 2. The first kappa shape index (κ1) is 29.8. The molecular weight excluding hydrogens is 574 g/mol. The number of anilines is 1. The lowest BCUT2D eigenvalue weighted by atomic mass is 9.89. The van der Waals surface area contributed by atoms with Gasteiger partial charge in [0.25, 0.3) is 5.91 Å². The number of sulfonamides is 2. The van der Waals surface area contributed by atoms with E-state index in [0.29, 0.717) is 64.1 Å². The van der Waals surface area contributed by atoms with E-state index in [1.807, 2.05) is 31.2 Å². The van der Waals surface area contributed by atoms with Crippen LogP contribution in [0.2, 0.25) is 0 Å². The second-order valence-corrected chi connectivity index (χ2v) is 14.8. The lowest BCUT2D eigenvalue weighted by Gasteiger charge is -2.34. The third-order valence-corrected chi connectivity index (χ3v) is 11.2. The van der Waals surface area contributed by atoms with Crippen LogP contribution in [0.1, 0.15) is 45.8 Å². The molecular formula is C31H35N3O6S2. The Morgan fingerprint density at radius 1 is 1.02 bits per heavy atom. The second kappa shape index (κ2) is 11.2. The fraction of sp³-hybridized carbons (Fsp3) is 0.323. The molecule has 0 aliphatic carbocycles. The number of hydrogen-bond acceptors (Lipinski definition) is 6. The summed E-state index contributed by atoms with van der Waals surface area (Å²) in [5.74, 6) is -0.287. The van der Waals surface area contributed by atoms with Crippen molar-refractivity contribution in [3.05, 3.63) is 82.9 Å². The van der Waals surface area contributed by atoms with Crippen LogP contribution in [0.5, 0.6) is 0 Å². The number of nitrogens with zero attached hydrogens (tertiary/aromatic N) is 2. The van der Waals surface area contributed by atoms with Crippen molar-refractivity contribution in [2.75, 3.05) is 37.7 Å². The molecule has 0 radical (unpaired) electrons. The Kier molecular flexibility index (Phi) is 7.95. The van der Waals surface area contributed by atoms with Gasteiger partial charge >= 0.3 is 0 Å². The Labute approximate surface area is 247 Å². The van der Waals surface area contributed by atoms with Gasteiger partial charge in [-0.1, -0.05) is 48.0 Å². The first-order valence-electron chi connectivity index (χ1n) is 13.7. The molecule has 1 fully saturated rings. The summed E-state index contributed by atoms with van der Waals surface area (Å²) < 4.78 is 61.8. The molecule has 5 rings (SSSR count). The zero-order chi connectivity index (χ0) is 30.4. The molecule has 1 unspecified atom stereocenters. The lowest BCUT2D eigenvalue weighted by Crippen LogP contribution is -2.39. The number of hydrogen-bond donors (Lipinski definition) is 1. The number of piperidine rings is 1. The van der Waals surface area contributed by atoms with Crippen molar-refractivity contribution < 1.29 is 26.0 Å². The predicted molar refractivity (Wildman–Crippen MR) is 165 cm³/mol. The third kappa shape index (κ3) is 5.44. The van der Waals surface area contributed by atoms with Crippen LogP contribution in [-0.4, -0.2) is 60.5 Å². The smallest absolute Gasteiger partial charge is 0.255 e. The summed E-state index contributed by atoms with van der Waals surface area (Å²) in [6.45, 7) is 4.27. The first-order chi connectivity index (χ1) is 19.8. The molecule has 222 valence electrons. The highest BCUT2D eigenvalue weighted by molar-refractivity contribution is 7.92. The average molecular weight is 610 g/mol. The first-order valence-corrected chi connectivity index (χ1v) is 17.0. The molecule has 11 heteroatoms. The molecule has 1 amide bonds. The van der Waals surface area contributed by atoms with Crippen LogP contribution in [0.15, 0.2) is 70.0 Å². The fourth-order valence-electron chi connectivity index (χ4n) is 5.59. The van der Waals surface area contributed by atoms with Gasteiger partial charge in [0.1, 0.15) is 11.3 Å². The van der Waals surface area contributed by atoms with Gasteiger partial charge in [-0.3, -0.25) is 9.10 Å². The van der Waals surface area contributed by atoms with Crippen LogP contribution in [0.3, 0.4) is 0 Å². The monoisotopic (exact) mass is 609 g/mol. The van der Waals surface area contributed by atoms with Gasteiger partial charge in [0, 0.05) is 44.2 Å². The van der Waals surface area contributed by atoms with Crippen LogP contribution in [0.4, 0.5) is 5.69 Å². The van der Waals surface area contributed by atoms with Crippen LogP contribution in [0.25, 0.3) is 22.3 Å². The maximum atomic E-state index is 13.7. The highest BCUT2D eigenvalue weighted by atomic mass is 32.2. The molecule has 9 nitrogen and oxygen atoms in total. The fourth-order valence-corrected chi connectivity index (χ4v) is 7.85. The van der Waals surface area contributed by atoms with Crippen LogP contribution in [-0.2, 0) is 20.0 Å². The summed E-state index contributed by atoms with van der Waals surface area (Å²) in [6.07, 6.45) is 2.36. The predicted octanol–water partition coefficient (Wildman–Crippen LogP) is 5.04. The highest BCUT2D eigenvalue weighted by Crippen LogP contribution is 2.42. The Morgan fingerprint density at radius 3 is 2.36 bits per heavy atom.